The molecule has 0 aliphatic rings. The summed E-state index contributed by atoms with van der Waals surface area (Å²) >= 11 is 6.23. The van der Waals surface area contributed by atoms with Crippen LogP contribution in [0.2, 0.25) is 5.02 Å². The van der Waals surface area contributed by atoms with Gasteiger partial charge in [-0.05, 0) is 49.7 Å². The summed E-state index contributed by atoms with van der Waals surface area (Å²) in [6.45, 7) is 10.8. The molecule has 0 bridgehead atoms. The van der Waals surface area contributed by atoms with Crippen molar-refractivity contribution in [3.8, 4) is 11.5 Å². The molecule has 3 aromatic rings. The van der Waals surface area contributed by atoms with E-state index in [2.05, 4.69) is 29.6 Å². The van der Waals surface area contributed by atoms with Gasteiger partial charge in [0.25, 0.3) is 5.91 Å². The van der Waals surface area contributed by atoms with Gasteiger partial charge in [-0.2, -0.15) is 5.10 Å². The standard InChI is InChI=1S/C26H33ClN4O3/c1-6-28-14-19-7-9-22(13-25(19)33-5)29-26(32)23-11-18(4)31(30-23)15-20-12-21(27)8-10-24(20)34-16-17(2)3/h7-13,17,28H,6,14-16H2,1-5H3,(H,29,32). The minimum absolute atomic E-state index is 0.286. The van der Waals surface area contributed by atoms with E-state index in [4.69, 9.17) is 21.1 Å². The third-order valence-corrected chi connectivity index (χ3v) is 5.47. The molecule has 1 heterocycles. The lowest BCUT2D eigenvalue weighted by molar-refractivity contribution is 0.102. The third-order valence-electron chi connectivity index (χ3n) is 5.24. The number of halogens is 1. The number of hydrogen-bond donors (Lipinski definition) is 2. The smallest absolute Gasteiger partial charge is 0.276 e. The monoisotopic (exact) mass is 484 g/mol. The Bertz CT molecular complexity index is 1130. The van der Waals surface area contributed by atoms with E-state index in [1.54, 1.807) is 17.9 Å². The second-order valence-corrected chi connectivity index (χ2v) is 8.98. The van der Waals surface area contributed by atoms with Crippen LogP contribution in [0.1, 0.15) is 48.1 Å². The molecule has 3 rings (SSSR count). The predicted octanol–water partition coefficient (Wildman–Crippen LogP) is 5.30. The van der Waals surface area contributed by atoms with Crippen molar-refractivity contribution >= 4 is 23.2 Å². The highest BCUT2D eigenvalue weighted by atomic mass is 35.5. The van der Waals surface area contributed by atoms with Gasteiger partial charge >= 0.3 is 0 Å². The molecule has 7 nitrogen and oxygen atoms in total. The number of amides is 1. The number of ether oxygens (including phenoxy) is 2. The summed E-state index contributed by atoms with van der Waals surface area (Å²) in [7, 11) is 1.62. The summed E-state index contributed by atoms with van der Waals surface area (Å²) < 4.78 is 13.2. The van der Waals surface area contributed by atoms with Crippen molar-refractivity contribution in [1.82, 2.24) is 15.1 Å². The maximum atomic E-state index is 12.9. The minimum atomic E-state index is -0.286. The van der Waals surface area contributed by atoms with Gasteiger partial charge in [-0.15, -0.1) is 0 Å². The Morgan fingerprint density at radius 1 is 1.12 bits per heavy atom. The Balaban J connectivity index is 1.75. The number of rotatable bonds is 11. The van der Waals surface area contributed by atoms with Gasteiger partial charge in [0.15, 0.2) is 5.69 Å². The van der Waals surface area contributed by atoms with E-state index < -0.39 is 0 Å². The molecule has 0 unspecified atom stereocenters. The number of anilines is 1. The molecular formula is C26H33ClN4O3. The Morgan fingerprint density at radius 3 is 2.62 bits per heavy atom. The Hall–Kier alpha value is -3.03. The lowest BCUT2D eigenvalue weighted by atomic mass is 10.1. The number of hydrogen-bond acceptors (Lipinski definition) is 5. The number of aromatic nitrogens is 2. The van der Waals surface area contributed by atoms with Crippen LogP contribution in [0.15, 0.2) is 42.5 Å². The lowest BCUT2D eigenvalue weighted by Crippen LogP contribution is -2.15. The number of carbonyl (C=O) groups excluding carboxylic acids is 1. The summed E-state index contributed by atoms with van der Waals surface area (Å²) in [5.74, 6) is 1.60. The van der Waals surface area contributed by atoms with E-state index >= 15 is 0 Å². The Labute approximate surface area is 206 Å². The van der Waals surface area contributed by atoms with Crippen LogP contribution in [0.5, 0.6) is 11.5 Å². The molecule has 0 radical (unpaired) electrons. The molecule has 0 saturated carbocycles. The topological polar surface area (TPSA) is 77.4 Å². The maximum absolute atomic E-state index is 12.9. The highest BCUT2D eigenvalue weighted by molar-refractivity contribution is 6.30. The second kappa shape index (κ2) is 11.9. The van der Waals surface area contributed by atoms with Crippen molar-refractivity contribution in [2.75, 3.05) is 25.6 Å². The van der Waals surface area contributed by atoms with Crippen LogP contribution in [0.3, 0.4) is 0 Å². The molecule has 2 aromatic carbocycles. The van der Waals surface area contributed by atoms with Gasteiger partial charge in [-0.3, -0.25) is 9.48 Å². The SMILES string of the molecule is CCNCc1ccc(NC(=O)c2cc(C)n(Cc3cc(Cl)ccc3OCC(C)C)n2)cc1OC. The zero-order valence-electron chi connectivity index (χ0n) is 20.4. The average molecular weight is 485 g/mol. The number of methoxy groups -OCH3 is 1. The lowest BCUT2D eigenvalue weighted by Gasteiger charge is -2.14. The molecule has 0 aliphatic heterocycles. The van der Waals surface area contributed by atoms with Crippen LogP contribution < -0.4 is 20.1 Å². The van der Waals surface area contributed by atoms with Crippen LogP contribution in [-0.2, 0) is 13.1 Å². The quantitative estimate of drug-likeness (QED) is 0.386. The van der Waals surface area contributed by atoms with Crippen LogP contribution in [0.4, 0.5) is 5.69 Å². The second-order valence-electron chi connectivity index (χ2n) is 8.55. The summed E-state index contributed by atoms with van der Waals surface area (Å²) in [5.41, 5.74) is 3.78. The van der Waals surface area contributed by atoms with Crippen LogP contribution in [-0.4, -0.2) is 35.9 Å². The molecule has 1 amide bonds. The molecule has 182 valence electrons. The zero-order valence-corrected chi connectivity index (χ0v) is 21.2. The Kier molecular flexibility index (Phi) is 8.96. The summed E-state index contributed by atoms with van der Waals surface area (Å²) in [4.78, 5) is 12.9. The van der Waals surface area contributed by atoms with Crippen molar-refractivity contribution in [3.63, 3.8) is 0 Å². The van der Waals surface area contributed by atoms with Crippen molar-refractivity contribution in [1.29, 1.82) is 0 Å². The fourth-order valence-electron chi connectivity index (χ4n) is 3.43. The number of nitrogens with zero attached hydrogens (tertiary/aromatic N) is 2. The van der Waals surface area contributed by atoms with Gasteiger partial charge in [0.2, 0.25) is 0 Å². The highest BCUT2D eigenvalue weighted by Crippen LogP contribution is 2.26. The number of nitrogens with one attached hydrogen (secondary N) is 2. The number of carbonyl (C=O) groups is 1. The molecule has 2 N–H and O–H groups in total. The molecule has 1 aromatic heterocycles. The molecule has 0 fully saturated rings. The van der Waals surface area contributed by atoms with Crippen LogP contribution >= 0.6 is 11.6 Å². The largest absolute Gasteiger partial charge is 0.496 e. The number of benzene rings is 2. The van der Waals surface area contributed by atoms with E-state index in [0.29, 0.717) is 42.0 Å². The summed E-state index contributed by atoms with van der Waals surface area (Å²) in [5, 5.41) is 11.3. The van der Waals surface area contributed by atoms with E-state index in [-0.39, 0.29) is 5.91 Å². The first kappa shape index (κ1) is 25.6. The third kappa shape index (κ3) is 6.74. The fourth-order valence-corrected chi connectivity index (χ4v) is 3.63. The van der Waals surface area contributed by atoms with Crippen molar-refractivity contribution < 1.29 is 14.3 Å². The molecule has 0 atom stereocenters. The Morgan fingerprint density at radius 2 is 1.91 bits per heavy atom. The first-order valence-corrected chi connectivity index (χ1v) is 11.8. The van der Waals surface area contributed by atoms with Crippen molar-refractivity contribution in [2.24, 2.45) is 5.92 Å². The van der Waals surface area contributed by atoms with Gasteiger partial charge in [0.05, 0.1) is 20.3 Å². The molecule has 8 heteroatoms. The van der Waals surface area contributed by atoms with E-state index in [9.17, 15) is 4.79 Å². The molecular weight excluding hydrogens is 452 g/mol. The van der Waals surface area contributed by atoms with Crippen LogP contribution in [0.25, 0.3) is 0 Å². The van der Waals surface area contributed by atoms with Gasteiger partial charge in [-0.25, -0.2) is 0 Å². The van der Waals surface area contributed by atoms with Crippen LogP contribution in [0, 0.1) is 12.8 Å². The zero-order chi connectivity index (χ0) is 24.7. The first-order chi connectivity index (χ1) is 16.3. The fraction of sp³-hybridized carbons (Fsp3) is 0.385. The van der Waals surface area contributed by atoms with Gasteiger partial charge < -0.3 is 20.1 Å². The van der Waals surface area contributed by atoms with E-state index in [1.807, 2.05) is 50.2 Å². The predicted molar refractivity (Wildman–Crippen MR) is 136 cm³/mol. The minimum Gasteiger partial charge on any atom is -0.496 e. The summed E-state index contributed by atoms with van der Waals surface area (Å²) in [6, 6.07) is 13.0. The average Bonchev–Trinajstić information content (AvgIpc) is 3.17. The van der Waals surface area contributed by atoms with Gasteiger partial charge in [0.1, 0.15) is 11.5 Å². The summed E-state index contributed by atoms with van der Waals surface area (Å²) in [6.07, 6.45) is 0. The normalized spacial score (nSPS) is 11.0. The van der Waals surface area contributed by atoms with E-state index in [0.717, 1.165) is 34.9 Å². The van der Waals surface area contributed by atoms with Crippen molar-refractivity contribution in [2.45, 2.75) is 40.8 Å². The molecule has 0 aliphatic carbocycles. The maximum Gasteiger partial charge on any atom is 0.276 e. The van der Waals surface area contributed by atoms with Crippen molar-refractivity contribution in [3.05, 3.63) is 70.0 Å². The molecule has 34 heavy (non-hydrogen) atoms. The highest BCUT2D eigenvalue weighted by Gasteiger charge is 2.16. The number of aryl methyl sites for hydroxylation is 1. The molecule has 0 saturated heterocycles. The van der Waals surface area contributed by atoms with E-state index in [1.165, 1.54) is 0 Å². The van der Waals surface area contributed by atoms with Gasteiger partial charge in [-0.1, -0.05) is 38.4 Å². The van der Waals surface area contributed by atoms with Gasteiger partial charge in [0, 0.05) is 40.1 Å². The molecule has 0 spiro atoms. The first-order valence-electron chi connectivity index (χ1n) is 11.4.